The maximum absolute atomic E-state index is 12.3. The highest BCUT2D eigenvalue weighted by atomic mass is 16.5. The van der Waals surface area contributed by atoms with Gasteiger partial charge in [-0.15, -0.1) is 0 Å². The molecule has 2 atom stereocenters. The van der Waals surface area contributed by atoms with Crippen LogP contribution in [0.25, 0.3) is 0 Å². The molecule has 0 aliphatic carbocycles. The van der Waals surface area contributed by atoms with E-state index in [2.05, 4.69) is 5.16 Å². The zero-order chi connectivity index (χ0) is 13.0. The first-order valence-corrected chi connectivity index (χ1v) is 5.80. The lowest BCUT2D eigenvalue weighted by Gasteiger charge is -2.29. The number of ether oxygens (including phenoxy) is 1. The van der Waals surface area contributed by atoms with Gasteiger partial charge in [0.1, 0.15) is 5.92 Å². The molecule has 0 radical (unpaired) electrons. The Hall–Kier alpha value is -1.30. The van der Waals surface area contributed by atoms with E-state index in [0.717, 1.165) is 6.42 Å². The maximum atomic E-state index is 12.3. The Kier molecular flexibility index (Phi) is 4.74. The number of hydrogen-bond acceptors (Lipinski definition) is 4. The van der Waals surface area contributed by atoms with Crippen LogP contribution in [-0.4, -0.2) is 48.2 Å². The number of amidine groups is 1. The molecule has 6 nitrogen and oxygen atoms in total. The van der Waals surface area contributed by atoms with Gasteiger partial charge in [-0.2, -0.15) is 0 Å². The molecule has 2 unspecified atom stereocenters. The minimum absolute atomic E-state index is 0.0110. The highest BCUT2D eigenvalue weighted by Gasteiger charge is 2.33. The molecule has 6 heteroatoms. The third-order valence-electron chi connectivity index (χ3n) is 3.17. The van der Waals surface area contributed by atoms with Gasteiger partial charge in [-0.05, 0) is 12.3 Å². The normalized spacial score (nSPS) is 22.8. The first kappa shape index (κ1) is 13.8. The lowest BCUT2D eigenvalue weighted by atomic mass is 9.93. The van der Waals surface area contributed by atoms with Crippen molar-refractivity contribution in [3.8, 4) is 0 Å². The van der Waals surface area contributed by atoms with Gasteiger partial charge in [0.25, 0.3) is 0 Å². The monoisotopic (exact) mass is 243 g/mol. The van der Waals surface area contributed by atoms with Crippen molar-refractivity contribution in [2.75, 3.05) is 20.3 Å². The molecule has 98 valence electrons. The van der Waals surface area contributed by atoms with Gasteiger partial charge < -0.3 is 20.6 Å². The number of carbonyl (C=O) groups is 1. The van der Waals surface area contributed by atoms with Gasteiger partial charge in [-0.1, -0.05) is 19.0 Å². The highest BCUT2D eigenvalue weighted by Crippen LogP contribution is 2.18. The molecule has 0 spiro atoms. The summed E-state index contributed by atoms with van der Waals surface area (Å²) >= 11 is 0. The van der Waals surface area contributed by atoms with Crippen LogP contribution in [0.15, 0.2) is 5.16 Å². The Labute approximate surface area is 101 Å². The summed E-state index contributed by atoms with van der Waals surface area (Å²) in [6, 6.07) is 0.0928. The van der Waals surface area contributed by atoms with Crippen molar-refractivity contribution in [2.45, 2.75) is 26.3 Å². The van der Waals surface area contributed by atoms with Crippen LogP contribution >= 0.6 is 0 Å². The molecule has 1 heterocycles. The van der Waals surface area contributed by atoms with Crippen molar-refractivity contribution < 1.29 is 14.7 Å². The molecule has 0 saturated carbocycles. The van der Waals surface area contributed by atoms with Gasteiger partial charge in [0, 0.05) is 13.7 Å². The van der Waals surface area contributed by atoms with Crippen molar-refractivity contribution in [2.24, 2.45) is 22.7 Å². The predicted molar refractivity (Wildman–Crippen MR) is 63.7 cm³/mol. The van der Waals surface area contributed by atoms with Crippen LogP contribution in [0.2, 0.25) is 0 Å². The van der Waals surface area contributed by atoms with Crippen molar-refractivity contribution in [3.05, 3.63) is 0 Å². The van der Waals surface area contributed by atoms with Crippen molar-refractivity contribution in [3.63, 3.8) is 0 Å². The molecule has 1 fully saturated rings. The third-order valence-corrected chi connectivity index (χ3v) is 3.17. The lowest BCUT2D eigenvalue weighted by Crippen LogP contribution is -2.47. The number of likely N-dealkylation sites (N-methyl/N-ethyl adjacent to an activating group) is 1. The van der Waals surface area contributed by atoms with Crippen LogP contribution in [0, 0.1) is 11.8 Å². The van der Waals surface area contributed by atoms with E-state index >= 15 is 0 Å². The number of amides is 1. The summed E-state index contributed by atoms with van der Waals surface area (Å²) in [5, 5.41) is 11.7. The Balaban J connectivity index is 2.76. The predicted octanol–water partition coefficient (Wildman–Crippen LogP) is 0.252. The molecule has 0 aromatic rings. The maximum Gasteiger partial charge on any atom is 0.233 e. The topological polar surface area (TPSA) is 88.2 Å². The number of rotatable bonds is 4. The van der Waals surface area contributed by atoms with E-state index in [1.807, 2.05) is 13.8 Å². The van der Waals surface area contributed by atoms with Gasteiger partial charge >= 0.3 is 0 Å². The molecular formula is C11H21N3O3. The van der Waals surface area contributed by atoms with Crippen LogP contribution < -0.4 is 5.73 Å². The summed E-state index contributed by atoms with van der Waals surface area (Å²) in [7, 11) is 1.74. The molecule has 1 amide bonds. The fraction of sp³-hybridized carbons (Fsp3) is 0.818. The molecule has 0 aromatic carbocycles. The standard InChI is InChI=1S/C11H21N3O3/c1-7(2)9(10(12)13-16)11(15)14(3)8-4-5-17-6-8/h7-9,16H,4-6H2,1-3H3,(H2,12,13). The fourth-order valence-corrected chi connectivity index (χ4v) is 2.04. The van der Waals surface area contributed by atoms with Crippen LogP contribution in [0.1, 0.15) is 20.3 Å². The second-order valence-electron chi connectivity index (χ2n) is 4.71. The van der Waals surface area contributed by atoms with Crippen LogP contribution in [-0.2, 0) is 9.53 Å². The van der Waals surface area contributed by atoms with Gasteiger partial charge in [0.05, 0.1) is 12.6 Å². The summed E-state index contributed by atoms with van der Waals surface area (Å²) in [5.74, 6) is -0.740. The minimum Gasteiger partial charge on any atom is -0.409 e. The Morgan fingerprint density at radius 2 is 2.24 bits per heavy atom. The molecule has 1 aliphatic rings. The summed E-state index contributed by atoms with van der Waals surface area (Å²) in [6.07, 6.45) is 0.837. The largest absolute Gasteiger partial charge is 0.409 e. The van der Waals surface area contributed by atoms with E-state index < -0.39 is 5.92 Å². The molecular weight excluding hydrogens is 222 g/mol. The molecule has 1 saturated heterocycles. The van der Waals surface area contributed by atoms with Crippen LogP contribution in [0.3, 0.4) is 0 Å². The van der Waals surface area contributed by atoms with Crippen molar-refractivity contribution in [1.29, 1.82) is 0 Å². The first-order valence-electron chi connectivity index (χ1n) is 5.80. The zero-order valence-corrected chi connectivity index (χ0v) is 10.6. The first-order chi connectivity index (χ1) is 7.99. The highest BCUT2D eigenvalue weighted by molar-refractivity contribution is 6.02. The number of nitrogens with two attached hydrogens (primary N) is 1. The quantitative estimate of drug-likeness (QED) is 0.321. The molecule has 17 heavy (non-hydrogen) atoms. The summed E-state index contributed by atoms with van der Waals surface area (Å²) in [4.78, 5) is 13.9. The Morgan fingerprint density at radius 3 is 2.65 bits per heavy atom. The Bertz CT molecular complexity index is 298. The number of nitrogens with zero attached hydrogens (tertiary/aromatic N) is 2. The van der Waals surface area contributed by atoms with E-state index in [1.54, 1.807) is 11.9 Å². The number of hydrogen-bond donors (Lipinski definition) is 2. The van der Waals surface area contributed by atoms with Crippen molar-refractivity contribution >= 4 is 11.7 Å². The number of carbonyl (C=O) groups excluding carboxylic acids is 1. The van der Waals surface area contributed by atoms with Gasteiger partial charge in [0.15, 0.2) is 5.84 Å². The van der Waals surface area contributed by atoms with Gasteiger partial charge in [0.2, 0.25) is 5.91 Å². The SMILES string of the molecule is CC(C)C(C(=O)N(C)C1CCOC1)C(N)=NO. The second kappa shape index (κ2) is 5.86. The average Bonchev–Trinajstić information content (AvgIpc) is 2.80. The molecule has 0 bridgehead atoms. The van der Waals surface area contributed by atoms with Crippen LogP contribution in [0.5, 0.6) is 0 Å². The zero-order valence-electron chi connectivity index (χ0n) is 10.6. The molecule has 3 N–H and O–H groups in total. The van der Waals surface area contributed by atoms with E-state index in [-0.39, 0.29) is 23.7 Å². The van der Waals surface area contributed by atoms with E-state index in [0.29, 0.717) is 13.2 Å². The molecule has 1 aliphatic heterocycles. The summed E-state index contributed by atoms with van der Waals surface area (Å²) in [6.45, 7) is 4.99. The minimum atomic E-state index is -0.578. The molecule has 1 rings (SSSR count). The van der Waals surface area contributed by atoms with E-state index in [1.165, 1.54) is 0 Å². The van der Waals surface area contributed by atoms with Gasteiger partial charge in [-0.25, -0.2) is 0 Å². The van der Waals surface area contributed by atoms with Crippen molar-refractivity contribution in [1.82, 2.24) is 4.90 Å². The van der Waals surface area contributed by atoms with E-state index in [9.17, 15) is 4.79 Å². The van der Waals surface area contributed by atoms with E-state index in [4.69, 9.17) is 15.7 Å². The fourth-order valence-electron chi connectivity index (χ4n) is 2.04. The summed E-state index contributed by atoms with van der Waals surface area (Å²) in [5.41, 5.74) is 5.58. The Morgan fingerprint density at radius 1 is 1.59 bits per heavy atom. The third kappa shape index (κ3) is 3.09. The smallest absolute Gasteiger partial charge is 0.233 e. The number of oxime groups is 1. The lowest BCUT2D eigenvalue weighted by molar-refractivity contribution is -0.135. The summed E-state index contributed by atoms with van der Waals surface area (Å²) < 4.78 is 5.25. The van der Waals surface area contributed by atoms with Crippen LogP contribution in [0.4, 0.5) is 0 Å². The second-order valence-corrected chi connectivity index (χ2v) is 4.71. The van der Waals surface area contributed by atoms with Gasteiger partial charge in [-0.3, -0.25) is 4.79 Å². The average molecular weight is 243 g/mol. The molecule has 0 aromatic heterocycles.